The summed E-state index contributed by atoms with van der Waals surface area (Å²) in [6.07, 6.45) is 0. The van der Waals surface area contributed by atoms with Gasteiger partial charge in [0.2, 0.25) is 0 Å². The van der Waals surface area contributed by atoms with Crippen LogP contribution in [0.3, 0.4) is 0 Å². The summed E-state index contributed by atoms with van der Waals surface area (Å²) in [5.74, 6) is 0.454. The van der Waals surface area contributed by atoms with Crippen LogP contribution >= 0.6 is 0 Å². The Morgan fingerprint density at radius 2 is 1.79 bits per heavy atom. The summed E-state index contributed by atoms with van der Waals surface area (Å²) >= 11 is 0. The Labute approximate surface area is 84.3 Å². The molecule has 0 aromatic heterocycles. The van der Waals surface area contributed by atoms with Gasteiger partial charge in [0.15, 0.2) is 0 Å². The van der Waals surface area contributed by atoms with Crippen LogP contribution in [0.5, 0.6) is 0 Å². The fourth-order valence-corrected chi connectivity index (χ4v) is 2.08. The third-order valence-corrected chi connectivity index (χ3v) is 3.31. The average Bonchev–Trinajstić information content (AvgIpc) is 2.67. The van der Waals surface area contributed by atoms with Crippen molar-refractivity contribution in [1.82, 2.24) is 0 Å². The molecule has 0 aliphatic heterocycles. The second-order valence-corrected chi connectivity index (χ2v) is 4.56. The Kier molecular flexibility index (Phi) is 1.87. The van der Waals surface area contributed by atoms with Crippen molar-refractivity contribution < 1.29 is 0 Å². The molecule has 1 aliphatic carbocycles. The first kappa shape index (κ1) is 9.23. The van der Waals surface area contributed by atoms with Crippen LogP contribution < -0.4 is 5.73 Å². The molecule has 1 aliphatic rings. The molecule has 14 heavy (non-hydrogen) atoms. The maximum absolute atomic E-state index is 8.66. The Bertz CT molecular complexity index is 384. The van der Waals surface area contributed by atoms with E-state index in [9.17, 15) is 0 Å². The molecule has 2 rings (SSSR count). The van der Waals surface area contributed by atoms with E-state index in [0.717, 1.165) is 0 Å². The van der Waals surface area contributed by atoms with Gasteiger partial charge in [0.05, 0.1) is 11.6 Å². The highest BCUT2D eigenvalue weighted by atomic mass is 14.8. The molecule has 0 radical (unpaired) electrons. The Morgan fingerprint density at radius 1 is 1.29 bits per heavy atom. The van der Waals surface area contributed by atoms with Crippen LogP contribution in [0, 0.1) is 16.7 Å². The van der Waals surface area contributed by atoms with E-state index in [0.29, 0.717) is 11.5 Å². The molecule has 2 unspecified atom stereocenters. The lowest BCUT2D eigenvalue weighted by atomic mass is 10.0. The van der Waals surface area contributed by atoms with Crippen molar-refractivity contribution in [1.29, 1.82) is 5.26 Å². The maximum atomic E-state index is 8.66. The molecule has 0 heterocycles. The number of hydrogen-bond acceptors (Lipinski definition) is 2. The van der Waals surface area contributed by atoms with E-state index in [1.807, 2.05) is 24.3 Å². The van der Waals surface area contributed by atoms with Gasteiger partial charge in [-0.1, -0.05) is 26.0 Å². The number of nitrogens with two attached hydrogens (primary N) is 1. The van der Waals surface area contributed by atoms with Crippen LogP contribution in [0.4, 0.5) is 0 Å². The normalized spacial score (nSPS) is 28.1. The highest BCUT2D eigenvalue weighted by molar-refractivity contribution is 5.38. The second-order valence-electron chi connectivity index (χ2n) is 4.56. The highest BCUT2D eigenvalue weighted by Crippen LogP contribution is 2.57. The van der Waals surface area contributed by atoms with E-state index < -0.39 is 0 Å². The van der Waals surface area contributed by atoms with Crippen LogP contribution in [0.2, 0.25) is 0 Å². The molecule has 0 bridgehead atoms. The van der Waals surface area contributed by atoms with Crippen molar-refractivity contribution in [2.45, 2.75) is 25.8 Å². The van der Waals surface area contributed by atoms with Gasteiger partial charge in [-0.05, 0) is 23.1 Å². The van der Waals surface area contributed by atoms with Crippen LogP contribution in [-0.4, -0.2) is 6.04 Å². The molecule has 0 spiro atoms. The van der Waals surface area contributed by atoms with Crippen molar-refractivity contribution in [3.8, 4) is 6.07 Å². The predicted molar refractivity (Wildman–Crippen MR) is 55.7 cm³/mol. The summed E-state index contributed by atoms with van der Waals surface area (Å²) in [6.45, 7) is 4.36. The first-order valence-corrected chi connectivity index (χ1v) is 4.83. The molecule has 1 saturated carbocycles. The smallest absolute Gasteiger partial charge is 0.0991 e. The molecule has 2 heteroatoms. The Balaban J connectivity index is 2.25. The molecule has 2 atom stereocenters. The van der Waals surface area contributed by atoms with Gasteiger partial charge in [0.25, 0.3) is 0 Å². The van der Waals surface area contributed by atoms with Gasteiger partial charge in [-0.15, -0.1) is 0 Å². The summed E-state index contributed by atoms with van der Waals surface area (Å²) in [6, 6.07) is 10.1. The Morgan fingerprint density at radius 3 is 2.14 bits per heavy atom. The minimum atomic E-state index is 0.216. The zero-order valence-electron chi connectivity index (χ0n) is 8.49. The molecule has 2 N–H and O–H groups in total. The van der Waals surface area contributed by atoms with Crippen molar-refractivity contribution >= 4 is 0 Å². The second kappa shape index (κ2) is 2.83. The van der Waals surface area contributed by atoms with Crippen LogP contribution in [0.1, 0.15) is 30.9 Å². The molecular weight excluding hydrogens is 172 g/mol. The van der Waals surface area contributed by atoms with Gasteiger partial charge in [-0.2, -0.15) is 5.26 Å². The van der Waals surface area contributed by atoms with E-state index in [1.165, 1.54) is 5.56 Å². The topological polar surface area (TPSA) is 49.8 Å². The molecular formula is C12H14N2. The number of rotatable bonds is 1. The molecule has 72 valence electrons. The maximum Gasteiger partial charge on any atom is 0.0991 e. The summed E-state index contributed by atoms with van der Waals surface area (Å²) in [5, 5.41) is 8.66. The van der Waals surface area contributed by atoms with Crippen molar-refractivity contribution in [3.05, 3.63) is 35.4 Å². The lowest BCUT2D eigenvalue weighted by molar-refractivity contribution is 0.599. The number of hydrogen-bond donors (Lipinski definition) is 1. The monoisotopic (exact) mass is 186 g/mol. The lowest BCUT2D eigenvalue weighted by Gasteiger charge is -2.02. The molecule has 1 aromatic rings. The van der Waals surface area contributed by atoms with E-state index >= 15 is 0 Å². The minimum Gasteiger partial charge on any atom is -0.327 e. The van der Waals surface area contributed by atoms with Crippen molar-refractivity contribution in [2.75, 3.05) is 0 Å². The van der Waals surface area contributed by atoms with Crippen LogP contribution in [0.25, 0.3) is 0 Å². The van der Waals surface area contributed by atoms with Gasteiger partial charge in [-0.3, -0.25) is 0 Å². The zero-order valence-corrected chi connectivity index (χ0v) is 8.49. The van der Waals surface area contributed by atoms with E-state index in [2.05, 4.69) is 19.9 Å². The highest BCUT2D eigenvalue weighted by Gasteiger charge is 2.55. The minimum absolute atomic E-state index is 0.216. The predicted octanol–water partition coefficient (Wildman–Crippen LogP) is 2.01. The zero-order chi connectivity index (χ0) is 10.3. The third-order valence-electron chi connectivity index (χ3n) is 3.31. The lowest BCUT2D eigenvalue weighted by Crippen LogP contribution is -2.06. The van der Waals surface area contributed by atoms with Crippen LogP contribution in [-0.2, 0) is 0 Å². The summed E-state index contributed by atoms with van der Waals surface area (Å²) in [7, 11) is 0. The summed E-state index contributed by atoms with van der Waals surface area (Å²) in [4.78, 5) is 0. The SMILES string of the molecule is CC1(C)C(N)C1c1ccc(C#N)cc1. The third kappa shape index (κ3) is 1.21. The van der Waals surface area contributed by atoms with Gasteiger partial charge >= 0.3 is 0 Å². The van der Waals surface area contributed by atoms with E-state index in [1.54, 1.807) is 0 Å². The van der Waals surface area contributed by atoms with Gasteiger partial charge in [-0.25, -0.2) is 0 Å². The van der Waals surface area contributed by atoms with Crippen molar-refractivity contribution in [2.24, 2.45) is 11.1 Å². The fraction of sp³-hybridized carbons (Fsp3) is 0.417. The summed E-state index contributed by atoms with van der Waals surface area (Å²) < 4.78 is 0. The quantitative estimate of drug-likeness (QED) is 0.729. The van der Waals surface area contributed by atoms with Crippen LogP contribution in [0.15, 0.2) is 24.3 Å². The molecule has 2 nitrogen and oxygen atoms in total. The fourth-order valence-electron chi connectivity index (χ4n) is 2.08. The van der Waals surface area contributed by atoms with E-state index in [4.69, 9.17) is 11.0 Å². The number of nitriles is 1. The van der Waals surface area contributed by atoms with Gasteiger partial charge < -0.3 is 5.73 Å². The number of benzene rings is 1. The average molecular weight is 186 g/mol. The van der Waals surface area contributed by atoms with E-state index in [-0.39, 0.29) is 11.5 Å². The van der Waals surface area contributed by atoms with Crippen molar-refractivity contribution in [3.63, 3.8) is 0 Å². The molecule has 1 aromatic carbocycles. The van der Waals surface area contributed by atoms with Gasteiger partial charge in [0.1, 0.15) is 0 Å². The standard InChI is InChI=1S/C12H14N2/c1-12(2)10(11(12)14)9-5-3-8(7-13)4-6-9/h3-6,10-11H,14H2,1-2H3. The molecule has 0 saturated heterocycles. The molecule has 1 fully saturated rings. The van der Waals surface area contributed by atoms with Gasteiger partial charge in [0, 0.05) is 12.0 Å². The number of nitrogens with zero attached hydrogens (tertiary/aromatic N) is 1. The first-order valence-electron chi connectivity index (χ1n) is 4.83. The first-order chi connectivity index (χ1) is 6.57. The Hall–Kier alpha value is -1.33. The largest absolute Gasteiger partial charge is 0.327 e. The summed E-state index contributed by atoms with van der Waals surface area (Å²) in [5.41, 5.74) is 8.16. The molecule has 0 amide bonds.